The quantitative estimate of drug-likeness (QED) is 0.234. The van der Waals surface area contributed by atoms with Crippen LogP contribution in [0.3, 0.4) is 0 Å². The second kappa shape index (κ2) is 7.02. The molecule has 0 fully saturated rings. The van der Waals surface area contributed by atoms with Gasteiger partial charge < -0.3 is 4.74 Å². The van der Waals surface area contributed by atoms with Crippen LogP contribution in [0, 0.1) is 0 Å². The summed E-state index contributed by atoms with van der Waals surface area (Å²) in [7, 11) is 1.84. The van der Waals surface area contributed by atoms with Crippen LogP contribution in [0.1, 0.15) is 6.92 Å². The van der Waals surface area contributed by atoms with Gasteiger partial charge in [0.15, 0.2) is 0 Å². The van der Waals surface area contributed by atoms with Crippen LogP contribution in [0.25, 0.3) is 0 Å². The molecule has 0 saturated carbocycles. The standard InChI is InChI=1S/C7H17N3O2/c1-3-12-5-4-10(2)6-7(11)9-8/h3-6,8H2,1-2H3,(H,9,11). The Morgan fingerprint density at radius 2 is 2.33 bits per heavy atom. The average molecular weight is 175 g/mol. The second-order valence-corrected chi connectivity index (χ2v) is 2.50. The number of likely N-dealkylation sites (N-methyl/N-ethyl adjacent to an activating group) is 1. The molecule has 0 spiro atoms. The number of amides is 1. The van der Waals surface area contributed by atoms with Crippen molar-refractivity contribution in [2.45, 2.75) is 6.92 Å². The van der Waals surface area contributed by atoms with E-state index in [1.807, 2.05) is 18.9 Å². The summed E-state index contributed by atoms with van der Waals surface area (Å²) in [6, 6.07) is 0. The first-order chi connectivity index (χ1) is 5.70. The molecule has 5 nitrogen and oxygen atoms in total. The normalized spacial score (nSPS) is 10.3. The summed E-state index contributed by atoms with van der Waals surface area (Å²) in [5, 5.41) is 0. The van der Waals surface area contributed by atoms with E-state index in [9.17, 15) is 4.79 Å². The van der Waals surface area contributed by atoms with E-state index in [4.69, 9.17) is 10.6 Å². The highest BCUT2D eigenvalue weighted by atomic mass is 16.5. The summed E-state index contributed by atoms with van der Waals surface area (Å²) in [6.07, 6.45) is 0. The van der Waals surface area contributed by atoms with Gasteiger partial charge in [0.25, 0.3) is 0 Å². The van der Waals surface area contributed by atoms with Gasteiger partial charge in [0, 0.05) is 13.2 Å². The molecular formula is C7H17N3O2. The molecule has 0 aliphatic rings. The lowest BCUT2D eigenvalue weighted by molar-refractivity contribution is -0.122. The first-order valence-electron chi connectivity index (χ1n) is 3.96. The van der Waals surface area contributed by atoms with E-state index in [0.717, 1.165) is 6.54 Å². The monoisotopic (exact) mass is 175 g/mol. The second-order valence-electron chi connectivity index (χ2n) is 2.50. The number of nitrogens with zero attached hydrogens (tertiary/aromatic N) is 1. The lowest BCUT2D eigenvalue weighted by Crippen LogP contribution is -2.39. The average Bonchev–Trinajstić information content (AvgIpc) is 2.05. The van der Waals surface area contributed by atoms with Crippen molar-refractivity contribution in [3.05, 3.63) is 0 Å². The molecule has 0 unspecified atom stereocenters. The number of carbonyl (C=O) groups is 1. The Hall–Kier alpha value is -0.650. The third-order valence-electron chi connectivity index (χ3n) is 1.40. The summed E-state index contributed by atoms with van der Waals surface area (Å²) in [4.78, 5) is 12.6. The predicted molar refractivity (Wildman–Crippen MR) is 46.3 cm³/mol. The van der Waals surface area contributed by atoms with Crippen LogP contribution in [-0.4, -0.2) is 44.2 Å². The van der Waals surface area contributed by atoms with Gasteiger partial charge in [-0.3, -0.25) is 15.1 Å². The Kier molecular flexibility index (Phi) is 6.64. The molecule has 12 heavy (non-hydrogen) atoms. The van der Waals surface area contributed by atoms with E-state index in [2.05, 4.69) is 5.43 Å². The number of hydrogen-bond acceptors (Lipinski definition) is 4. The molecule has 0 aromatic rings. The Labute approximate surface area is 72.8 Å². The van der Waals surface area contributed by atoms with Gasteiger partial charge in [-0.25, -0.2) is 5.84 Å². The van der Waals surface area contributed by atoms with Crippen molar-refractivity contribution >= 4 is 5.91 Å². The largest absolute Gasteiger partial charge is 0.380 e. The number of nitrogens with one attached hydrogen (secondary N) is 1. The van der Waals surface area contributed by atoms with Gasteiger partial charge in [-0.05, 0) is 14.0 Å². The van der Waals surface area contributed by atoms with Crippen LogP contribution in [0.5, 0.6) is 0 Å². The topological polar surface area (TPSA) is 67.6 Å². The van der Waals surface area contributed by atoms with Crippen LogP contribution in [0.4, 0.5) is 0 Å². The zero-order valence-electron chi connectivity index (χ0n) is 7.67. The van der Waals surface area contributed by atoms with Crippen LogP contribution in [0.15, 0.2) is 0 Å². The first-order valence-corrected chi connectivity index (χ1v) is 3.96. The Morgan fingerprint density at radius 3 is 2.83 bits per heavy atom. The molecule has 0 bridgehead atoms. The fourth-order valence-electron chi connectivity index (χ4n) is 0.735. The zero-order chi connectivity index (χ0) is 9.40. The number of hydrazine groups is 1. The van der Waals surface area contributed by atoms with Gasteiger partial charge in [-0.2, -0.15) is 0 Å². The summed E-state index contributed by atoms with van der Waals surface area (Å²) in [5.74, 6) is 4.73. The number of rotatable bonds is 6. The molecule has 0 heterocycles. The minimum Gasteiger partial charge on any atom is -0.380 e. The molecule has 0 aliphatic heterocycles. The third-order valence-corrected chi connectivity index (χ3v) is 1.40. The maximum atomic E-state index is 10.7. The van der Waals surface area contributed by atoms with Crippen molar-refractivity contribution in [1.29, 1.82) is 0 Å². The zero-order valence-corrected chi connectivity index (χ0v) is 7.67. The van der Waals surface area contributed by atoms with E-state index in [0.29, 0.717) is 19.8 Å². The molecule has 0 aromatic carbocycles. The highest BCUT2D eigenvalue weighted by molar-refractivity contribution is 5.77. The molecule has 0 radical (unpaired) electrons. The highest BCUT2D eigenvalue weighted by Gasteiger charge is 2.03. The SMILES string of the molecule is CCOCCN(C)CC(=O)NN. The van der Waals surface area contributed by atoms with Gasteiger partial charge in [-0.1, -0.05) is 0 Å². The van der Waals surface area contributed by atoms with E-state index < -0.39 is 0 Å². The summed E-state index contributed by atoms with van der Waals surface area (Å²) < 4.78 is 5.11. The molecule has 1 amide bonds. The fraction of sp³-hybridized carbons (Fsp3) is 0.857. The number of carbonyl (C=O) groups excluding carboxylic acids is 1. The van der Waals surface area contributed by atoms with Gasteiger partial charge in [-0.15, -0.1) is 0 Å². The van der Waals surface area contributed by atoms with Gasteiger partial charge >= 0.3 is 0 Å². The molecule has 0 aliphatic carbocycles. The maximum absolute atomic E-state index is 10.7. The van der Waals surface area contributed by atoms with Gasteiger partial charge in [0.2, 0.25) is 5.91 Å². The predicted octanol–water partition coefficient (Wildman–Crippen LogP) is -1.06. The Morgan fingerprint density at radius 1 is 1.67 bits per heavy atom. The fourth-order valence-corrected chi connectivity index (χ4v) is 0.735. The van der Waals surface area contributed by atoms with Crippen LogP contribution in [0.2, 0.25) is 0 Å². The van der Waals surface area contributed by atoms with Crippen molar-refractivity contribution in [2.75, 3.05) is 33.4 Å². The van der Waals surface area contributed by atoms with Gasteiger partial charge in [0.05, 0.1) is 13.2 Å². The maximum Gasteiger partial charge on any atom is 0.248 e. The molecule has 0 aromatic heterocycles. The van der Waals surface area contributed by atoms with Crippen LogP contribution < -0.4 is 11.3 Å². The third kappa shape index (κ3) is 6.09. The number of nitrogens with two attached hydrogens (primary N) is 1. The molecule has 0 atom stereocenters. The minimum absolute atomic E-state index is 0.186. The molecule has 72 valence electrons. The van der Waals surface area contributed by atoms with E-state index >= 15 is 0 Å². The highest BCUT2D eigenvalue weighted by Crippen LogP contribution is 1.82. The summed E-state index contributed by atoms with van der Waals surface area (Å²) in [6.45, 7) is 4.33. The smallest absolute Gasteiger partial charge is 0.248 e. The Bertz CT molecular complexity index is 130. The van der Waals surface area contributed by atoms with Crippen molar-refractivity contribution in [3.63, 3.8) is 0 Å². The summed E-state index contributed by atoms with van der Waals surface area (Å²) >= 11 is 0. The minimum atomic E-state index is -0.186. The van der Waals surface area contributed by atoms with E-state index in [-0.39, 0.29) is 5.91 Å². The number of hydrogen-bond donors (Lipinski definition) is 2. The van der Waals surface area contributed by atoms with Crippen molar-refractivity contribution in [2.24, 2.45) is 5.84 Å². The lowest BCUT2D eigenvalue weighted by Gasteiger charge is -2.14. The molecule has 3 N–H and O–H groups in total. The number of ether oxygens (including phenoxy) is 1. The van der Waals surface area contributed by atoms with E-state index in [1.54, 1.807) is 0 Å². The van der Waals surface area contributed by atoms with Crippen molar-refractivity contribution in [1.82, 2.24) is 10.3 Å². The summed E-state index contributed by atoms with van der Waals surface area (Å²) in [5.41, 5.74) is 2.06. The van der Waals surface area contributed by atoms with Crippen LogP contribution >= 0.6 is 0 Å². The van der Waals surface area contributed by atoms with Gasteiger partial charge in [0.1, 0.15) is 0 Å². The van der Waals surface area contributed by atoms with Crippen LogP contribution in [-0.2, 0) is 9.53 Å². The lowest BCUT2D eigenvalue weighted by atomic mass is 10.5. The molecule has 0 rings (SSSR count). The molecular weight excluding hydrogens is 158 g/mol. The molecule has 0 saturated heterocycles. The van der Waals surface area contributed by atoms with Crippen molar-refractivity contribution < 1.29 is 9.53 Å². The first kappa shape index (κ1) is 11.4. The Balaban J connectivity index is 3.32. The van der Waals surface area contributed by atoms with Crippen molar-refractivity contribution in [3.8, 4) is 0 Å². The molecule has 5 heteroatoms. The van der Waals surface area contributed by atoms with E-state index in [1.165, 1.54) is 0 Å².